The molecule has 0 unspecified atom stereocenters. The number of benzene rings is 2. The molecule has 3 rings (SSSR count). The van der Waals surface area contributed by atoms with Crippen LogP contribution in [0.4, 0.5) is 13.2 Å². The minimum atomic E-state index is -4.41. The van der Waals surface area contributed by atoms with Crippen molar-refractivity contribution in [3.63, 3.8) is 0 Å². The Hall–Kier alpha value is -2.74. The first-order valence-electron chi connectivity index (χ1n) is 8.20. The number of hydrogen-bond acceptors (Lipinski definition) is 4. The van der Waals surface area contributed by atoms with Gasteiger partial charge in [-0.15, -0.1) is 0 Å². The zero-order valence-electron chi connectivity index (χ0n) is 14.8. The predicted molar refractivity (Wildman–Crippen MR) is 92.3 cm³/mol. The van der Waals surface area contributed by atoms with E-state index >= 15 is 0 Å². The second-order valence-corrected chi connectivity index (χ2v) is 6.25. The highest BCUT2D eigenvalue weighted by Gasteiger charge is 2.45. The van der Waals surface area contributed by atoms with Crippen LogP contribution in [0.1, 0.15) is 22.7 Å². The lowest BCUT2D eigenvalue weighted by atomic mass is 9.88. The zero-order chi connectivity index (χ0) is 19.8. The van der Waals surface area contributed by atoms with E-state index in [1.54, 1.807) is 18.2 Å². The minimum Gasteiger partial charge on any atom is -0.493 e. The van der Waals surface area contributed by atoms with Gasteiger partial charge < -0.3 is 20.1 Å². The lowest BCUT2D eigenvalue weighted by Gasteiger charge is -2.46. The van der Waals surface area contributed by atoms with Gasteiger partial charge in [-0.2, -0.15) is 13.2 Å². The Morgan fingerprint density at radius 3 is 2.22 bits per heavy atom. The number of hydrogen-bond donors (Lipinski definition) is 1. The summed E-state index contributed by atoms with van der Waals surface area (Å²) in [5.41, 5.74) is 6.53. The highest BCUT2D eigenvalue weighted by atomic mass is 19.4. The van der Waals surface area contributed by atoms with Crippen LogP contribution in [-0.4, -0.2) is 31.1 Å². The van der Waals surface area contributed by atoms with E-state index in [1.165, 1.54) is 31.3 Å². The van der Waals surface area contributed by atoms with Crippen LogP contribution < -0.4 is 15.2 Å². The first kappa shape index (κ1) is 19.0. The molecule has 1 aliphatic rings. The average molecular weight is 380 g/mol. The average Bonchev–Trinajstić information content (AvgIpc) is 2.66. The van der Waals surface area contributed by atoms with Crippen molar-refractivity contribution in [3.8, 4) is 11.5 Å². The van der Waals surface area contributed by atoms with Crippen LogP contribution in [-0.2, 0) is 17.5 Å². The second-order valence-electron chi connectivity index (χ2n) is 6.25. The van der Waals surface area contributed by atoms with Crippen molar-refractivity contribution >= 4 is 5.91 Å². The molecule has 2 aromatic carbocycles. The third-order valence-electron chi connectivity index (χ3n) is 4.62. The first-order valence-corrected chi connectivity index (χ1v) is 8.20. The van der Waals surface area contributed by atoms with Crippen LogP contribution in [0.2, 0.25) is 0 Å². The van der Waals surface area contributed by atoms with Gasteiger partial charge in [-0.05, 0) is 35.4 Å². The van der Waals surface area contributed by atoms with Crippen LogP contribution in [0.15, 0.2) is 42.5 Å². The normalized spacial score (nSPS) is 19.6. The van der Waals surface area contributed by atoms with E-state index < -0.39 is 23.8 Å². The molecule has 27 heavy (non-hydrogen) atoms. The van der Waals surface area contributed by atoms with Crippen LogP contribution in [0.5, 0.6) is 11.5 Å². The highest BCUT2D eigenvalue weighted by Crippen LogP contribution is 2.38. The summed E-state index contributed by atoms with van der Waals surface area (Å²) in [6, 6.07) is 8.74. The largest absolute Gasteiger partial charge is 0.493 e. The SMILES string of the molecule is COc1ccc(CN2C(=O)[C@H](N)[C@H]2c2ccc(C(F)(F)F)cc2)cc1OC. The number of carbonyl (C=O) groups excluding carboxylic acids is 1. The number of methoxy groups -OCH3 is 2. The van der Waals surface area contributed by atoms with Gasteiger partial charge in [0.15, 0.2) is 11.5 Å². The van der Waals surface area contributed by atoms with Crippen molar-refractivity contribution in [2.75, 3.05) is 14.2 Å². The monoisotopic (exact) mass is 380 g/mol. The Bertz CT molecular complexity index is 837. The molecular weight excluding hydrogens is 361 g/mol. The maximum absolute atomic E-state index is 12.7. The molecule has 2 aromatic rings. The predicted octanol–water partition coefficient (Wildman–Crippen LogP) is 3.13. The van der Waals surface area contributed by atoms with Gasteiger partial charge in [-0.1, -0.05) is 18.2 Å². The van der Waals surface area contributed by atoms with Gasteiger partial charge in [-0.25, -0.2) is 0 Å². The number of carbonyl (C=O) groups is 1. The molecule has 1 heterocycles. The summed E-state index contributed by atoms with van der Waals surface area (Å²) >= 11 is 0. The van der Waals surface area contributed by atoms with Crippen molar-refractivity contribution < 1.29 is 27.4 Å². The molecule has 1 aliphatic heterocycles. The summed E-state index contributed by atoms with van der Waals surface area (Å²) in [5.74, 6) is 0.834. The third kappa shape index (κ3) is 3.57. The van der Waals surface area contributed by atoms with Crippen molar-refractivity contribution in [2.24, 2.45) is 5.73 Å². The van der Waals surface area contributed by atoms with Gasteiger partial charge in [0.2, 0.25) is 5.91 Å². The van der Waals surface area contributed by atoms with Crippen molar-refractivity contribution in [1.29, 1.82) is 0 Å². The van der Waals surface area contributed by atoms with E-state index in [-0.39, 0.29) is 12.5 Å². The molecule has 5 nitrogen and oxygen atoms in total. The fraction of sp³-hybridized carbons (Fsp3) is 0.316. The zero-order valence-corrected chi connectivity index (χ0v) is 14.8. The second kappa shape index (κ2) is 7.11. The molecule has 0 saturated carbocycles. The van der Waals surface area contributed by atoms with Gasteiger partial charge in [0, 0.05) is 6.54 Å². The number of ether oxygens (including phenoxy) is 2. The fourth-order valence-corrected chi connectivity index (χ4v) is 3.18. The molecule has 144 valence electrons. The van der Waals surface area contributed by atoms with Crippen LogP contribution in [0.3, 0.4) is 0 Å². The Kier molecular flexibility index (Phi) is 5.01. The quantitative estimate of drug-likeness (QED) is 0.810. The third-order valence-corrected chi connectivity index (χ3v) is 4.62. The molecule has 0 aliphatic carbocycles. The molecule has 1 saturated heterocycles. The number of alkyl halides is 3. The molecule has 0 aromatic heterocycles. The van der Waals surface area contributed by atoms with E-state index in [4.69, 9.17) is 15.2 Å². The van der Waals surface area contributed by atoms with Crippen LogP contribution >= 0.6 is 0 Å². The first-order chi connectivity index (χ1) is 12.8. The summed E-state index contributed by atoms with van der Waals surface area (Å²) < 4.78 is 48.7. The van der Waals surface area contributed by atoms with E-state index in [2.05, 4.69) is 0 Å². The van der Waals surface area contributed by atoms with Crippen molar-refractivity contribution in [3.05, 3.63) is 59.2 Å². The summed E-state index contributed by atoms with van der Waals surface area (Å²) in [7, 11) is 3.04. The number of halogens is 3. The number of likely N-dealkylation sites (tertiary alicyclic amines) is 1. The van der Waals surface area contributed by atoms with E-state index in [1.807, 2.05) is 0 Å². The molecule has 1 fully saturated rings. The molecule has 8 heteroatoms. The number of rotatable bonds is 5. The van der Waals surface area contributed by atoms with Crippen molar-refractivity contribution in [2.45, 2.75) is 24.8 Å². The lowest BCUT2D eigenvalue weighted by molar-refractivity contribution is -0.150. The Morgan fingerprint density at radius 2 is 1.67 bits per heavy atom. The van der Waals surface area contributed by atoms with Crippen LogP contribution in [0.25, 0.3) is 0 Å². The Labute approximate surface area is 154 Å². The smallest absolute Gasteiger partial charge is 0.416 e. The molecular formula is C19H19F3N2O3. The standard InChI is InChI=1S/C19H19F3N2O3/c1-26-14-8-3-11(9-15(14)27-2)10-24-17(16(23)18(24)25)12-4-6-13(7-5-12)19(20,21)22/h3-9,16-17H,10,23H2,1-2H3/t16-,17-/m1/s1. The van der Waals surface area contributed by atoms with Gasteiger partial charge in [0.25, 0.3) is 0 Å². The van der Waals surface area contributed by atoms with E-state index in [0.717, 1.165) is 17.7 Å². The van der Waals surface area contributed by atoms with Crippen molar-refractivity contribution in [1.82, 2.24) is 4.90 Å². The van der Waals surface area contributed by atoms with Gasteiger partial charge in [0.1, 0.15) is 6.04 Å². The highest BCUT2D eigenvalue weighted by molar-refractivity contribution is 5.89. The molecule has 1 amide bonds. The van der Waals surface area contributed by atoms with E-state index in [0.29, 0.717) is 17.1 Å². The lowest BCUT2D eigenvalue weighted by Crippen LogP contribution is -2.62. The van der Waals surface area contributed by atoms with Crippen LogP contribution in [0, 0.1) is 0 Å². The maximum Gasteiger partial charge on any atom is 0.416 e. The number of nitrogens with zero attached hydrogens (tertiary/aromatic N) is 1. The number of amides is 1. The summed E-state index contributed by atoms with van der Waals surface area (Å²) in [4.78, 5) is 13.8. The minimum absolute atomic E-state index is 0.255. The summed E-state index contributed by atoms with van der Waals surface area (Å²) in [6.07, 6.45) is -4.41. The van der Waals surface area contributed by atoms with E-state index in [9.17, 15) is 18.0 Å². The fourth-order valence-electron chi connectivity index (χ4n) is 3.18. The molecule has 2 N–H and O–H groups in total. The molecule has 0 radical (unpaired) electrons. The maximum atomic E-state index is 12.7. The summed E-state index contributed by atoms with van der Waals surface area (Å²) in [6.45, 7) is 0.262. The number of β-lactam (4-membered cyclic amide) rings is 1. The Morgan fingerprint density at radius 1 is 1.04 bits per heavy atom. The topological polar surface area (TPSA) is 64.8 Å². The molecule has 2 atom stereocenters. The van der Waals surface area contributed by atoms with Gasteiger partial charge in [0.05, 0.1) is 25.8 Å². The summed E-state index contributed by atoms with van der Waals surface area (Å²) in [5, 5.41) is 0. The number of nitrogens with two attached hydrogens (primary N) is 1. The Balaban J connectivity index is 1.82. The molecule has 0 spiro atoms. The van der Waals surface area contributed by atoms with Gasteiger partial charge >= 0.3 is 6.18 Å². The van der Waals surface area contributed by atoms with Gasteiger partial charge in [-0.3, -0.25) is 4.79 Å². The molecule has 0 bridgehead atoms.